The molecule has 2 aromatic heterocycles. The third-order valence-corrected chi connectivity index (χ3v) is 11.5. The van der Waals surface area contributed by atoms with Crippen LogP contribution in [0.2, 0.25) is 0 Å². The summed E-state index contributed by atoms with van der Waals surface area (Å²) >= 11 is 0. The van der Waals surface area contributed by atoms with Gasteiger partial charge in [0.2, 0.25) is 0 Å². The third kappa shape index (κ3) is 11.4. The second-order valence-electron chi connectivity index (χ2n) is 16.8. The summed E-state index contributed by atoms with van der Waals surface area (Å²) in [7, 11) is 3.53. The molecule has 0 unspecified atom stereocenters. The molecule has 1 aliphatic heterocycles. The van der Waals surface area contributed by atoms with E-state index in [0.717, 1.165) is 59.9 Å². The van der Waals surface area contributed by atoms with E-state index < -0.39 is 124 Å². The van der Waals surface area contributed by atoms with Crippen molar-refractivity contribution in [3.05, 3.63) is 93.2 Å². The van der Waals surface area contributed by atoms with Crippen LogP contribution in [0.25, 0.3) is 55.7 Å². The maximum absolute atomic E-state index is 14.7. The monoisotopic (exact) mass is 1040 g/mol. The van der Waals surface area contributed by atoms with Gasteiger partial charge in [0.15, 0.2) is 34.8 Å². The summed E-state index contributed by atoms with van der Waals surface area (Å²) in [5.74, 6) is -11.4. The standard InChI is InChI=1S/C52H48O23/c1-23(53)67-22-43(69-25(3)55)48(71-27(5)57)50-47(70-26(4)56)42(68-24(2)54)21-52(75-50,51(63)66-8)74-41-20-36(62)46-35(61)19-38(28-9-12-30(58)13-10-28)73-49(46)44(41)32-15-29(11-14-37(32)65-7)39-18-34(60)45-33(59)16-31(64-6)17-40(45)72-39/h9-20,42-43,47-48,50,58-59,62H,21-22H2,1-8H3/t42-,43+,47+,48+,50+,52+/m0/s1. The van der Waals surface area contributed by atoms with E-state index in [4.69, 9.17) is 56.2 Å². The van der Waals surface area contributed by atoms with Gasteiger partial charge in [-0.3, -0.25) is 33.6 Å². The number of phenols is 3. The highest BCUT2D eigenvalue weighted by Crippen LogP contribution is 2.49. The first kappa shape index (κ1) is 53.7. The van der Waals surface area contributed by atoms with Gasteiger partial charge in [0, 0.05) is 81.6 Å². The summed E-state index contributed by atoms with van der Waals surface area (Å²) in [6.45, 7) is 4.06. The molecule has 3 heterocycles. The number of ether oxygens (including phenoxy) is 10. The molecule has 0 spiro atoms. The van der Waals surface area contributed by atoms with Crippen molar-refractivity contribution < 1.29 is 100 Å². The van der Waals surface area contributed by atoms with Gasteiger partial charge in [0.05, 0.1) is 33.3 Å². The number of hydrogen-bond acceptors (Lipinski definition) is 23. The Balaban J connectivity index is 1.56. The van der Waals surface area contributed by atoms with E-state index in [1.54, 1.807) is 0 Å². The van der Waals surface area contributed by atoms with Crippen molar-refractivity contribution in [2.45, 2.75) is 77.3 Å². The number of carbonyl (C=O) groups excluding carboxylic acids is 6. The number of esters is 6. The molecule has 3 N–H and O–H groups in total. The average molecular weight is 1040 g/mol. The molecule has 0 saturated carbocycles. The summed E-state index contributed by atoms with van der Waals surface area (Å²) in [4.78, 5) is 106. The molecule has 23 heteroatoms. The van der Waals surface area contributed by atoms with Crippen LogP contribution in [0.15, 0.2) is 91.2 Å². The predicted molar refractivity (Wildman–Crippen MR) is 257 cm³/mol. The lowest BCUT2D eigenvalue weighted by Gasteiger charge is -2.47. The number of benzene rings is 4. The summed E-state index contributed by atoms with van der Waals surface area (Å²) in [6, 6.07) is 15.5. The number of methoxy groups -OCH3 is 3. The zero-order chi connectivity index (χ0) is 54.6. The SMILES string of the molecule is COC(=O)[C@@]1(Oc2cc(O)c3c(=O)cc(-c4ccc(O)cc4)oc3c2-c2cc(-c3cc(=O)c4c(O)cc(OC)cc4o3)ccc2OC)C[C@H](OC(C)=O)[C@@H](OC(C)=O)[C@H]([C@H](OC(C)=O)[C@@H](COC(C)=O)OC(C)=O)O1. The molecule has 0 radical (unpaired) electrons. The van der Waals surface area contributed by atoms with E-state index in [9.17, 15) is 53.7 Å². The molecule has 394 valence electrons. The largest absolute Gasteiger partial charge is 0.508 e. The van der Waals surface area contributed by atoms with Gasteiger partial charge in [0.1, 0.15) is 81.2 Å². The molecule has 0 bridgehead atoms. The number of fused-ring (bicyclic) bond motifs is 2. The maximum atomic E-state index is 14.7. The molecule has 0 amide bonds. The molecule has 0 aliphatic carbocycles. The van der Waals surface area contributed by atoms with Crippen LogP contribution >= 0.6 is 0 Å². The van der Waals surface area contributed by atoms with Gasteiger partial charge in [-0.25, -0.2) is 4.79 Å². The molecule has 6 aromatic rings. The van der Waals surface area contributed by atoms with Crippen molar-refractivity contribution in [3.8, 4) is 68.3 Å². The number of hydrogen-bond donors (Lipinski definition) is 3. The predicted octanol–water partition coefficient (Wildman–Crippen LogP) is 5.36. The van der Waals surface area contributed by atoms with Gasteiger partial charge in [-0.05, 0) is 42.5 Å². The first-order valence-electron chi connectivity index (χ1n) is 22.5. The van der Waals surface area contributed by atoms with Crippen LogP contribution < -0.4 is 25.1 Å². The fourth-order valence-corrected chi connectivity index (χ4v) is 8.52. The first-order chi connectivity index (χ1) is 35.6. The minimum Gasteiger partial charge on any atom is -0.508 e. The van der Waals surface area contributed by atoms with Crippen molar-refractivity contribution in [2.75, 3.05) is 27.9 Å². The van der Waals surface area contributed by atoms with Gasteiger partial charge >= 0.3 is 41.6 Å². The van der Waals surface area contributed by atoms with Crippen molar-refractivity contribution in [3.63, 3.8) is 0 Å². The fourth-order valence-electron chi connectivity index (χ4n) is 8.52. The van der Waals surface area contributed by atoms with Crippen LogP contribution in [0.4, 0.5) is 0 Å². The number of phenolic OH excluding ortho intramolecular Hbond substituents is 3. The minimum atomic E-state index is -2.99. The average Bonchev–Trinajstić information content (AvgIpc) is 3.34. The highest BCUT2D eigenvalue weighted by Gasteiger charge is 2.61. The van der Waals surface area contributed by atoms with E-state index in [2.05, 4.69) is 0 Å². The van der Waals surface area contributed by atoms with E-state index >= 15 is 0 Å². The highest BCUT2D eigenvalue weighted by molar-refractivity contribution is 6.02. The first-order valence-corrected chi connectivity index (χ1v) is 22.5. The second-order valence-corrected chi connectivity index (χ2v) is 16.8. The second kappa shape index (κ2) is 21.9. The van der Waals surface area contributed by atoms with Crippen molar-refractivity contribution >= 4 is 57.8 Å². The molecule has 4 aromatic carbocycles. The molecule has 75 heavy (non-hydrogen) atoms. The molecule has 23 nitrogen and oxygen atoms in total. The normalized spacial score (nSPS) is 17.9. The number of rotatable bonds is 16. The van der Waals surface area contributed by atoms with Gasteiger partial charge in [0.25, 0.3) is 0 Å². The molecule has 1 fully saturated rings. The number of aromatic hydroxyl groups is 3. The Kier molecular flexibility index (Phi) is 15.7. The maximum Gasteiger partial charge on any atom is 0.379 e. The van der Waals surface area contributed by atoms with Crippen LogP contribution in [0.1, 0.15) is 41.0 Å². The number of carbonyl (C=O) groups is 6. The van der Waals surface area contributed by atoms with Gasteiger partial charge in [-0.2, -0.15) is 0 Å². The Hall–Kier alpha value is -9.12. The van der Waals surface area contributed by atoms with Gasteiger partial charge in [-0.15, -0.1) is 0 Å². The van der Waals surface area contributed by atoms with E-state index in [1.165, 1.54) is 68.8 Å². The van der Waals surface area contributed by atoms with Crippen molar-refractivity contribution in [2.24, 2.45) is 0 Å². The van der Waals surface area contributed by atoms with E-state index in [1.807, 2.05) is 0 Å². The van der Waals surface area contributed by atoms with Crippen molar-refractivity contribution in [1.82, 2.24) is 0 Å². The topological polar surface area (TPSA) is 316 Å². The fraction of sp³-hybridized carbons (Fsp3) is 0.308. The minimum absolute atomic E-state index is 0.0115. The van der Waals surface area contributed by atoms with Crippen molar-refractivity contribution in [1.29, 1.82) is 0 Å². The Labute approximate surface area is 423 Å². The molecule has 1 saturated heterocycles. The molecule has 6 atom stereocenters. The van der Waals surface area contributed by atoms with Crippen LogP contribution in [0, 0.1) is 0 Å². The Morgan fingerprint density at radius 2 is 1.29 bits per heavy atom. The molecule has 7 rings (SSSR count). The molecular weight excluding hydrogens is 993 g/mol. The quantitative estimate of drug-likeness (QED) is 0.0811. The Morgan fingerprint density at radius 3 is 1.89 bits per heavy atom. The van der Waals surface area contributed by atoms with E-state index in [0.29, 0.717) is 0 Å². The van der Waals surface area contributed by atoms with Crippen LogP contribution in [0.5, 0.6) is 34.5 Å². The van der Waals surface area contributed by atoms with Crippen LogP contribution in [-0.4, -0.2) is 115 Å². The van der Waals surface area contributed by atoms with Gasteiger partial charge in [-0.1, -0.05) is 0 Å². The molecule has 1 aliphatic rings. The van der Waals surface area contributed by atoms with Gasteiger partial charge < -0.3 is 71.5 Å². The highest BCUT2D eigenvalue weighted by atomic mass is 16.8. The molecular formula is C52H48O23. The summed E-state index contributed by atoms with van der Waals surface area (Å²) in [5.41, 5.74) is -1.97. The summed E-state index contributed by atoms with van der Waals surface area (Å²) < 4.78 is 69.7. The van der Waals surface area contributed by atoms with Crippen LogP contribution in [0.3, 0.4) is 0 Å². The zero-order valence-electron chi connectivity index (χ0n) is 41.2. The Morgan fingerprint density at radius 1 is 0.667 bits per heavy atom. The van der Waals surface area contributed by atoms with E-state index in [-0.39, 0.29) is 62.0 Å². The smallest absolute Gasteiger partial charge is 0.379 e. The summed E-state index contributed by atoms with van der Waals surface area (Å²) in [6.07, 6.45) is -10.5. The summed E-state index contributed by atoms with van der Waals surface area (Å²) in [5, 5.41) is 32.0. The third-order valence-electron chi connectivity index (χ3n) is 11.5. The lowest BCUT2D eigenvalue weighted by atomic mass is 9.89. The lowest BCUT2D eigenvalue weighted by molar-refractivity contribution is -0.308. The lowest BCUT2D eigenvalue weighted by Crippen LogP contribution is -2.67. The Bertz CT molecular complexity index is 3350. The zero-order valence-corrected chi connectivity index (χ0v) is 41.2. The van der Waals surface area contributed by atoms with Crippen LogP contribution in [-0.2, 0) is 61.9 Å².